The topological polar surface area (TPSA) is 47.0 Å². The minimum Gasteiger partial charge on any atom is -0.370 e. The van der Waals surface area contributed by atoms with Gasteiger partial charge in [-0.2, -0.15) is 0 Å². The van der Waals surface area contributed by atoms with Gasteiger partial charge < -0.3 is 10.1 Å². The van der Waals surface area contributed by atoms with E-state index >= 15 is 0 Å². The van der Waals surface area contributed by atoms with Crippen molar-refractivity contribution in [2.75, 3.05) is 18.5 Å². The Labute approximate surface area is 122 Å². The summed E-state index contributed by atoms with van der Waals surface area (Å²) < 4.78 is 5.99. The minimum absolute atomic E-state index is 0.315. The molecule has 1 fully saturated rings. The molecule has 0 amide bonds. The molecule has 1 atom stereocenters. The smallest absolute Gasteiger partial charge is 0.162 e. The summed E-state index contributed by atoms with van der Waals surface area (Å²) >= 11 is 0. The third-order valence-electron chi connectivity index (χ3n) is 3.78. The van der Waals surface area contributed by atoms with E-state index in [9.17, 15) is 0 Å². The van der Waals surface area contributed by atoms with Gasteiger partial charge in [-0.25, -0.2) is 9.97 Å². The van der Waals surface area contributed by atoms with Crippen LogP contribution in [0.25, 0.3) is 0 Å². The van der Waals surface area contributed by atoms with Crippen molar-refractivity contribution in [3.8, 4) is 0 Å². The first-order chi connectivity index (χ1) is 9.68. The van der Waals surface area contributed by atoms with Gasteiger partial charge in [-0.15, -0.1) is 0 Å². The molecule has 0 bridgehead atoms. The molecule has 1 saturated heterocycles. The summed E-state index contributed by atoms with van der Waals surface area (Å²) in [5.41, 5.74) is 0.802. The summed E-state index contributed by atoms with van der Waals surface area (Å²) in [6, 6.07) is 2.08. The molecule has 0 aliphatic carbocycles. The molecule has 0 spiro atoms. The highest BCUT2D eigenvalue weighted by Crippen LogP contribution is 2.33. The molecule has 2 rings (SSSR count). The average molecular weight is 277 g/mol. The first-order valence-electron chi connectivity index (χ1n) is 7.94. The van der Waals surface area contributed by atoms with Gasteiger partial charge in [-0.1, -0.05) is 20.3 Å². The number of ether oxygens (including phenoxy) is 1. The zero-order chi connectivity index (χ0) is 14.4. The Morgan fingerprint density at radius 3 is 2.75 bits per heavy atom. The molecule has 20 heavy (non-hydrogen) atoms. The Morgan fingerprint density at radius 1 is 1.25 bits per heavy atom. The molecule has 112 valence electrons. The van der Waals surface area contributed by atoms with Crippen LogP contribution in [0.5, 0.6) is 0 Å². The van der Waals surface area contributed by atoms with Crippen molar-refractivity contribution in [2.45, 2.75) is 64.9 Å². The molecular formula is C16H27N3O. The number of hydrogen-bond donors (Lipinski definition) is 1. The molecule has 4 heteroatoms. The third-order valence-corrected chi connectivity index (χ3v) is 3.78. The summed E-state index contributed by atoms with van der Waals surface area (Å²) in [7, 11) is 0. The van der Waals surface area contributed by atoms with Crippen LogP contribution in [0.4, 0.5) is 5.82 Å². The highest BCUT2D eigenvalue weighted by molar-refractivity contribution is 5.37. The van der Waals surface area contributed by atoms with E-state index in [0.29, 0.717) is 0 Å². The lowest BCUT2D eigenvalue weighted by atomic mass is 9.95. The number of rotatable bonds is 6. The predicted octanol–water partition coefficient (Wildman–Crippen LogP) is 3.67. The normalized spacial score (nSPS) is 22.8. The second-order valence-electron chi connectivity index (χ2n) is 5.78. The third kappa shape index (κ3) is 3.69. The fourth-order valence-corrected chi connectivity index (χ4v) is 2.57. The highest BCUT2D eigenvalue weighted by atomic mass is 16.5. The molecule has 1 N–H and O–H groups in total. The van der Waals surface area contributed by atoms with E-state index in [2.05, 4.69) is 32.2 Å². The van der Waals surface area contributed by atoms with E-state index in [0.717, 1.165) is 62.6 Å². The van der Waals surface area contributed by atoms with Gasteiger partial charge in [0.05, 0.1) is 0 Å². The lowest BCUT2D eigenvalue weighted by molar-refractivity contribution is -0.0760. The molecule has 1 aliphatic heterocycles. The standard InChI is InChI=1S/C16H27N3O/c1-4-8-13-12-14(17-10-5-2)19-15(18-13)16(3)9-6-7-11-20-16/h12H,4-11H2,1-3H3,(H,17,18,19). The van der Waals surface area contributed by atoms with Gasteiger partial charge >= 0.3 is 0 Å². The molecule has 4 nitrogen and oxygen atoms in total. The minimum atomic E-state index is -0.315. The van der Waals surface area contributed by atoms with E-state index in [1.807, 2.05) is 0 Å². The van der Waals surface area contributed by atoms with Crippen LogP contribution in [0.3, 0.4) is 0 Å². The van der Waals surface area contributed by atoms with E-state index < -0.39 is 0 Å². The Kier molecular flexibility index (Phi) is 5.35. The number of nitrogens with one attached hydrogen (secondary N) is 1. The molecule has 1 aromatic heterocycles. The summed E-state index contributed by atoms with van der Waals surface area (Å²) in [5, 5.41) is 3.38. The second-order valence-corrected chi connectivity index (χ2v) is 5.78. The summed E-state index contributed by atoms with van der Waals surface area (Å²) in [6.07, 6.45) is 6.53. The number of nitrogens with zero attached hydrogens (tertiary/aromatic N) is 2. The van der Waals surface area contributed by atoms with Gasteiger partial charge in [-0.3, -0.25) is 0 Å². The van der Waals surface area contributed by atoms with Crippen LogP contribution < -0.4 is 5.32 Å². The quantitative estimate of drug-likeness (QED) is 0.862. The van der Waals surface area contributed by atoms with Crippen molar-refractivity contribution in [1.82, 2.24) is 9.97 Å². The summed E-state index contributed by atoms with van der Waals surface area (Å²) in [4.78, 5) is 9.45. The van der Waals surface area contributed by atoms with E-state index in [-0.39, 0.29) is 5.60 Å². The van der Waals surface area contributed by atoms with Crippen LogP contribution in [0.15, 0.2) is 6.07 Å². The van der Waals surface area contributed by atoms with Crippen LogP contribution in [0.1, 0.15) is 64.4 Å². The molecule has 0 radical (unpaired) electrons. The number of hydrogen-bond acceptors (Lipinski definition) is 4. The van der Waals surface area contributed by atoms with Crippen LogP contribution in [0.2, 0.25) is 0 Å². The maximum atomic E-state index is 5.99. The van der Waals surface area contributed by atoms with Crippen molar-refractivity contribution >= 4 is 5.82 Å². The average Bonchev–Trinajstić information content (AvgIpc) is 2.46. The number of aryl methyl sites for hydroxylation is 1. The van der Waals surface area contributed by atoms with Crippen molar-refractivity contribution in [3.05, 3.63) is 17.6 Å². The van der Waals surface area contributed by atoms with Gasteiger partial charge in [0.1, 0.15) is 11.4 Å². The van der Waals surface area contributed by atoms with Crippen LogP contribution in [-0.2, 0) is 16.8 Å². The van der Waals surface area contributed by atoms with Crippen molar-refractivity contribution in [2.24, 2.45) is 0 Å². The maximum Gasteiger partial charge on any atom is 0.162 e. The van der Waals surface area contributed by atoms with Gasteiger partial charge in [0, 0.05) is 24.9 Å². The van der Waals surface area contributed by atoms with E-state index in [4.69, 9.17) is 14.7 Å². The Balaban J connectivity index is 2.27. The molecule has 0 saturated carbocycles. The Hall–Kier alpha value is -1.16. The monoisotopic (exact) mass is 277 g/mol. The first kappa shape index (κ1) is 15.2. The first-order valence-corrected chi connectivity index (χ1v) is 7.94. The highest BCUT2D eigenvalue weighted by Gasteiger charge is 2.33. The lowest BCUT2D eigenvalue weighted by Crippen LogP contribution is -2.33. The van der Waals surface area contributed by atoms with Crippen molar-refractivity contribution < 1.29 is 4.74 Å². The molecular weight excluding hydrogens is 250 g/mol. The van der Waals surface area contributed by atoms with Gasteiger partial charge in [-0.05, 0) is 39.0 Å². The van der Waals surface area contributed by atoms with Gasteiger partial charge in [0.15, 0.2) is 5.82 Å². The largest absolute Gasteiger partial charge is 0.370 e. The molecule has 2 heterocycles. The fraction of sp³-hybridized carbons (Fsp3) is 0.750. The Bertz CT molecular complexity index is 428. The zero-order valence-corrected chi connectivity index (χ0v) is 13.0. The number of aromatic nitrogens is 2. The predicted molar refractivity (Wildman–Crippen MR) is 82.0 cm³/mol. The molecule has 1 unspecified atom stereocenters. The zero-order valence-electron chi connectivity index (χ0n) is 13.0. The second kappa shape index (κ2) is 7.02. The SMILES string of the molecule is CCCNc1cc(CCC)nc(C2(C)CCCCO2)n1. The summed E-state index contributed by atoms with van der Waals surface area (Å²) in [5.74, 6) is 1.79. The van der Waals surface area contributed by atoms with Crippen LogP contribution in [-0.4, -0.2) is 23.1 Å². The molecule has 0 aromatic carbocycles. The van der Waals surface area contributed by atoms with Crippen LogP contribution >= 0.6 is 0 Å². The number of anilines is 1. The van der Waals surface area contributed by atoms with E-state index in [1.54, 1.807) is 0 Å². The van der Waals surface area contributed by atoms with Gasteiger partial charge in [0.25, 0.3) is 0 Å². The molecule has 1 aliphatic rings. The molecule has 1 aromatic rings. The van der Waals surface area contributed by atoms with Crippen molar-refractivity contribution in [3.63, 3.8) is 0 Å². The Morgan fingerprint density at radius 2 is 2.10 bits per heavy atom. The fourth-order valence-electron chi connectivity index (χ4n) is 2.57. The summed E-state index contributed by atoms with van der Waals surface area (Å²) in [6.45, 7) is 8.23. The maximum absolute atomic E-state index is 5.99. The van der Waals surface area contributed by atoms with E-state index in [1.165, 1.54) is 6.42 Å². The lowest BCUT2D eigenvalue weighted by Gasteiger charge is -2.32. The van der Waals surface area contributed by atoms with Crippen LogP contribution in [0, 0.1) is 0 Å². The van der Waals surface area contributed by atoms with Gasteiger partial charge in [0.2, 0.25) is 0 Å². The van der Waals surface area contributed by atoms with Crippen molar-refractivity contribution in [1.29, 1.82) is 0 Å².